The minimum Gasteiger partial charge on any atom is -0.462 e. The molecule has 1 aromatic carbocycles. The van der Waals surface area contributed by atoms with Crippen LogP contribution in [-0.2, 0) is 22.4 Å². The summed E-state index contributed by atoms with van der Waals surface area (Å²) in [6.07, 6.45) is 3.81. The Morgan fingerprint density at radius 3 is 2.94 bits per heavy atom. The van der Waals surface area contributed by atoms with Crippen molar-refractivity contribution in [2.24, 2.45) is 0 Å². The Bertz CT molecular complexity index is 1170. The highest BCUT2D eigenvalue weighted by molar-refractivity contribution is 7.99. The van der Waals surface area contributed by atoms with Crippen molar-refractivity contribution in [3.05, 3.63) is 44.3 Å². The van der Waals surface area contributed by atoms with Gasteiger partial charge in [-0.3, -0.25) is 14.9 Å². The topological polar surface area (TPSA) is 127 Å². The molecule has 162 valence electrons. The summed E-state index contributed by atoms with van der Waals surface area (Å²) in [7, 11) is 0. The number of benzene rings is 1. The lowest BCUT2D eigenvalue weighted by molar-refractivity contribution is -0.384. The fraction of sp³-hybridized carbons (Fsp3) is 0.350. The van der Waals surface area contributed by atoms with Crippen LogP contribution in [-0.4, -0.2) is 39.1 Å². The van der Waals surface area contributed by atoms with E-state index in [1.165, 1.54) is 35.2 Å². The van der Waals surface area contributed by atoms with Gasteiger partial charge in [0.2, 0.25) is 5.91 Å². The lowest BCUT2D eigenvalue weighted by Crippen LogP contribution is -2.17. The van der Waals surface area contributed by atoms with Gasteiger partial charge in [-0.05, 0) is 44.2 Å². The van der Waals surface area contributed by atoms with E-state index in [0.717, 1.165) is 36.1 Å². The molecule has 0 unspecified atom stereocenters. The number of amides is 1. The van der Waals surface area contributed by atoms with Gasteiger partial charge in [-0.2, -0.15) is 0 Å². The number of anilines is 1. The monoisotopic (exact) mass is 460 g/mol. The van der Waals surface area contributed by atoms with Gasteiger partial charge in [-0.15, -0.1) is 11.3 Å². The van der Waals surface area contributed by atoms with Crippen molar-refractivity contribution in [3.8, 4) is 0 Å². The second-order valence-electron chi connectivity index (χ2n) is 6.97. The van der Waals surface area contributed by atoms with Crippen molar-refractivity contribution in [1.29, 1.82) is 0 Å². The molecule has 1 aliphatic rings. The molecular formula is C20H20N4O5S2. The standard InChI is InChI=1S/C20H20N4O5S2/c1-2-29-19(26)17-12-5-3-4-6-15(12)31-18(17)23-16(25)10-30-20-21-13-8-7-11(24(27)28)9-14(13)22-20/h7-9H,2-6,10H2,1H3,(H,21,22)(H,23,25). The number of fused-ring (bicyclic) bond motifs is 2. The number of ether oxygens (including phenoxy) is 1. The van der Waals surface area contributed by atoms with E-state index >= 15 is 0 Å². The number of nitrogens with zero attached hydrogens (tertiary/aromatic N) is 2. The average molecular weight is 461 g/mol. The third kappa shape index (κ3) is 4.57. The average Bonchev–Trinajstić information content (AvgIpc) is 3.32. The summed E-state index contributed by atoms with van der Waals surface area (Å²) in [5.74, 6) is -0.587. The molecule has 0 saturated carbocycles. The van der Waals surface area contributed by atoms with E-state index in [1.54, 1.807) is 13.0 Å². The molecule has 1 aliphatic carbocycles. The number of imidazole rings is 1. The number of nitro benzene ring substituents is 1. The summed E-state index contributed by atoms with van der Waals surface area (Å²) in [6, 6.07) is 4.37. The van der Waals surface area contributed by atoms with Crippen molar-refractivity contribution < 1.29 is 19.2 Å². The summed E-state index contributed by atoms with van der Waals surface area (Å²) in [4.78, 5) is 44.0. The van der Waals surface area contributed by atoms with Crippen molar-refractivity contribution in [2.75, 3.05) is 17.7 Å². The molecule has 0 aliphatic heterocycles. The van der Waals surface area contributed by atoms with Crippen LogP contribution in [0.5, 0.6) is 0 Å². The molecule has 0 spiro atoms. The summed E-state index contributed by atoms with van der Waals surface area (Å²) >= 11 is 2.63. The first-order chi connectivity index (χ1) is 15.0. The van der Waals surface area contributed by atoms with Crippen molar-refractivity contribution in [1.82, 2.24) is 9.97 Å². The molecule has 2 N–H and O–H groups in total. The third-order valence-electron chi connectivity index (χ3n) is 4.90. The minimum atomic E-state index is -0.470. The number of hydrogen-bond acceptors (Lipinski definition) is 8. The van der Waals surface area contributed by atoms with Crippen LogP contribution in [0, 0.1) is 10.1 Å². The van der Waals surface area contributed by atoms with E-state index in [1.807, 2.05) is 0 Å². The summed E-state index contributed by atoms with van der Waals surface area (Å²) < 4.78 is 5.21. The van der Waals surface area contributed by atoms with Gasteiger partial charge in [0.25, 0.3) is 5.69 Å². The van der Waals surface area contributed by atoms with Gasteiger partial charge < -0.3 is 15.0 Å². The van der Waals surface area contributed by atoms with Crippen molar-refractivity contribution in [2.45, 2.75) is 37.8 Å². The first kappa shape index (κ1) is 21.3. The zero-order chi connectivity index (χ0) is 22.0. The van der Waals surface area contributed by atoms with Crippen molar-refractivity contribution in [3.63, 3.8) is 0 Å². The Hall–Kier alpha value is -2.92. The van der Waals surface area contributed by atoms with Crippen LogP contribution in [0.15, 0.2) is 23.4 Å². The molecule has 11 heteroatoms. The van der Waals surface area contributed by atoms with Gasteiger partial charge in [-0.1, -0.05) is 11.8 Å². The molecule has 0 atom stereocenters. The van der Waals surface area contributed by atoms with E-state index in [9.17, 15) is 19.7 Å². The normalized spacial score (nSPS) is 13.1. The number of thioether (sulfide) groups is 1. The number of aryl methyl sites for hydroxylation is 1. The quantitative estimate of drug-likeness (QED) is 0.233. The largest absolute Gasteiger partial charge is 0.462 e. The SMILES string of the molecule is CCOC(=O)c1c(NC(=O)CSc2nc3ccc([N+](=O)[O-])cc3[nH]2)sc2c1CCCC2. The lowest BCUT2D eigenvalue weighted by Gasteiger charge is -2.12. The number of esters is 1. The molecule has 0 fully saturated rings. The molecule has 0 radical (unpaired) electrons. The smallest absolute Gasteiger partial charge is 0.341 e. The number of non-ortho nitro benzene ring substituents is 1. The van der Waals surface area contributed by atoms with Crippen LogP contribution < -0.4 is 5.32 Å². The van der Waals surface area contributed by atoms with Crippen LogP contribution in [0.1, 0.15) is 40.6 Å². The molecule has 1 amide bonds. The van der Waals surface area contributed by atoms with Gasteiger partial charge in [0.1, 0.15) is 5.00 Å². The molecule has 0 saturated heterocycles. The molecule has 4 rings (SSSR count). The molecule has 0 bridgehead atoms. The predicted octanol–water partition coefficient (Wildman–Crippen LogP) is 4.32. The van der Waals surface area contributed by atoms with Crippen LogP contribution in [0.4, 0.5) is 10.7 Å². The number of carbonyl (C=O) groups is 2. The maximum atomic E-state index is 12.6. The number of rotatable bonds is 7. The summed E-state index contributed by atoms with van der Waals surface area (Å²) in [6.45, 7) is 2.03. The van der Waals surface area contributed by atoms with Crippen LogP contribution in [0.3, 0.4) is 0 Å². The Morgan fingerprint density at radius 2 is 2.16 bits per heavy atom. The molecular weight excluding hydrogens is 440 g/mol. The van der Waals surface area contributed by atoms with Crippen LogP contribution in [0.25, 0.3) is 11.0 Å². The van der Waals surface area contributed by atoms with Gasteiger partial charge in [-0.25, -0.2) is 9.78 Å². The molecule has 31 heavy (non-hydrogen) atoms. The van der Waals surface area contributed by atoms with E-state index in [2.05, 4.69) is 15.3 Å². The molecule has 2 heterocycles. The van der Waals surface area contributed by atoms with Gasteiger partial charge in [0.05, 0.1) is 33.9 Å². The first-order valence-corrected chi connectivity index (χ1v) is 11.6. The second-order valence-corrected chi connectivity index (χ2v) is 9.04. The van der Waals surface area contributed by atoms with E-state index in [0.29, 0.717) is 26.8 Å². The second kappa shape index (κ2) is 9.06. The number of nitro groups is 1. The highest BCUT2D eigenvalue weighted by Crippen LogP contribution is 2.38. The van der Waals surface area contributed by atoms with Gasteiger partial charge >= 0.3 is 5.97 Å². The van der Waals surface area contributed by atoms with Crippen LogP contribution >= 0.6 is 23.1 Å². The number of H-pyrrole nitrogens is 1. The number of carbonyl (C=O) groups excluding carboxylic acids is 2. The number of nitrogens with one attached hydrogen (secondary N) is 2. The number of aromatic nitrogens is 2. The van der Waals surface area contributed by atoms with Crippen molar-refractivity contribution >= 4 is 56.7 Å². The fourth-order valence-electron chi connectivity index (χ4n) is 3.53. The highest BCUT2D eigenvalue weighted by atomic mass is 32.2. The highest BCUT2D eigenvalue weighted by Gasteiger charge is 2.27. The zero-order valence-corrected chi connectivity index (χ0v) is 18.4. The van der Waals surface area contributed by atoms with Gasteiger partial charge in [0.15, 0.2) is 5.16 Å². The Labute approximate surface area is 185 Å². The number of aromatic amines is 1. The number of thiophene rings is 1. The van der Waals surface area contributed by atoms with E-state index in [4.69, 9.17) is 4.74 Å². The molecule has 9 nitrogen and oxygen atoms in total. The maximum absolute atomic E-state index is 12.6. The Morgan fingerprint density at radius 1 is 1.35 bits per heavy atom. The summed E-state index contributed by atoms with van der Waals surface area (Å²) in [5, 5.41) is 14.8. The Balaban J connectivity index is 1.46. The number of hydrogen-bond donors (Lipinski definition) is 2. The summed E-state index contributed by atoms with van der Waals surface area (Å²) in [5.41, 5.74) is 2.57. The van der Waals surface area contributed by atoms with Gasteiger partial charge in [0, 0.05) is 17.0 Å². The maximum Gasteiger partial charge on any atom is 0.341 e. The predicted molar refractivity (Wildman–Crippen MR) is 119 cm³/mol. The first-order valence-electron chi connectivity index (χ1n) is 9.84. The van der Waals surface area contributed by atoms with E-state index < -0.39 is 10.9 Å². The Kier molecular flexibility index (Phi) is 6.23. The third-order valence-corrected chi connectivity index (χ3v) is 6.98. The molecule has 3 aromatic rings. The van der Waals surface area contributed by atoms with E-state index in [-0.39, 0.29) is 24.0 Å². The fourth-order valence-corrected chi connectivity index (χ4v) is 5.50. The zero-order valence-electron chi connectivity index (χ0n) is 16.7. The lowest BCUT2D eigenvalue weighted by atomic mass is 9.95. The minimum absolute atomic E-state index is 0.0291. The molecule has 2 aromatic heterocycles. The van der Waals surface area contributed by atoms with Crippen LogP contribution in [0.2, 0.25) is 0 Å².